The Bertz CT molecular complexity index is 570. The van der Waals surface area contributed by atoms with Gasteiger partial charge in [-0.25, -0.2) is 9.97 Å². The third kappa shape index (κ3) is 4.99. The van der Waals surface area contributed by atoms with Gasteiger partial charge in [0.15, 0.2) is 0 Å². The van der Waals surface area contributed by atoms with Crippen molar-refractivity contribution in [2.75, 3.05) is 19.0 Å². The van der Waals surface area contributed by atoms with Crippen LogP contribution in [0.15, 0.2) is 41.1 Å². The summed E-state index contributed by atoms with van der Waals surface area (Å²) < 4.78 is 5.94. The number of aromatic nitrogens is 2. The molecule has 0 bridgehead atoms. The van der Waals surface area contributed by atoms with Gasteiger partial charge in [0.2, 0.25) is 5.95 Å². The van der Waals surface area contributed by atoms with Crippen LogP contribution in [0.1, 0.15) is 12.5 Å². The van der Waals surface area contributed by atoms with Crippen molar-refractivity contribution in [3.63, 3.8) is 0 Å². The number of ether oxygens (including phenoxy) is 1. The van der Waals surface area contributed by atoms with E-state index in [9.17, 15) is 5.11 Å². The van der Waals surface area contributed by atoms with Crippen LogP contribution < -0.4 is 10.1 Å². The number of nitrogens with one attached hydrogen (secondary N) is 1. The number of benzene rings is 1. The zero-order chi connectivity index (χ0) is 15.3. The molecule has 6 heteroatoms. The van der Waals surface area contributed by atoms with E-state index in [-0.39, 0.29) is 0 Å². The highest BCUT2D eigenvalue weighted by molar-refractivity contribution is 9.10. The predicted octanol–water partition coefficient (Wildman–Crippen LogP) is 2.65. The Labute approximate surface area is 132 Å². The summed E-state index contributed by atoms with van der Waals surface area (Å²) in [6.07, 6.45) is 3.85. The zero-order valence-electron chi connectivity index (χ0n) is 12.0. The Kier molecular flexibility index (Phi) is 5.14. The molecule has 21 heavy (non-hydrogen) atoms. The normalized spacial score (nSPS) is 13.5. The molecule has 1 aromatic carbocycles. The molecule has 2 aromatic rings. The third-order valence-corrected chi connectivity index (χ3v) is 3.40. The van der Waals surface area contributed by atoms with Gasteiger partial charge < -0.3 is 15.2 Å². The number of hydrogen-bond acceptors (Lipinski definition) is 5. The van der Waals surface area contributed by atoms with Crippen LogP contribution in [0.4, 0.5) is 5.95 Å². The van der Waals surface area contributed by atoms with E-state index in [1.165, 1.54) is 0 Å². The van der Waals surface area contributed by atoms with Crippen LogP contribution >= 0.6 is 15.9 Å². The van der Waals surface area contributed by atoms with Crippen molar-refractivity contribution in [1.29, 1.82) is 0 Å². The Balaban J connectivity index is 1.92. The standard InChI is InChI=1S/C15H18BrN3O2/c1-15(20,7-11-3-5-13(21-2)6-4-11)10-19-14-17-8-12(16)9-18-14/h3-6,8-9,20H,7,10H2,1-2H3,(H,17,18,19). The zero-order valence-corrected chi connectivity index (χ0v) is 13.6. The van der Waals surface area contributed by atoms with E-state index < -0.39 is 5.60 Å². The van der Waals surface area contributed by atoms with Gasteiger partial charge in [-0.15, -0.1) is 0 Å². The maximum Gasteiger partial charge on any atom is 0.222 e. The van der Waals surface area contributed by atoms with E-state index in [1.807, 2.05) is 24.3 Å². The molecule has 0 saturated carbocycles. The lowest BCUT2D eigenvalue weighted by Crippen LogP contribution is -2.36. The molecule has 2 rings (SSSR count). The fraction of sp³-hybridized carbons (Fsp3) is 0.333. The highest BCUT2D eigenvalue weighted by Gasteiger charge is 2.21. The van der Waals surface area contributed by atoms with Crippen molar-refractivity contribution in [1.82, 2.24) is 9.97 Å². The second-order valence-electron chi connectivity index (χ2n) is 5.10. The average Bonchev–Trinajstić information content (AvgIpc) is 2.47. The van der Waals surface area contributed by atoms with Crippen LogP contribution in [0.25, 0.3) is 0 Å². The molecule has 0 amide bonds. The summed E-state index contributed by atoms with van der Waals surface area (Å²) in [6, 6.07) is 7.67. The second kappa shape index (κ2) is 6.87. The number of rotatable bonds is 6. The Morgan fingerprint density at radius 2 is 1.86 bits per heavy atom. The van der Waals surface area contributed by atoms with E-state index in [0.717, 1.165) is 15.8 Å². The van der Waals surface area contributed by atoms with Crippen LogP contribution in [-0.4, -0.2) is 34.3 Å². The van der Waals surface area contributed by atoms with Gasteiger partial charge in [-0.1, -0.05) is 12.1 Å². The summed E-state index contributed by atoms with van der Waals surface area (Å²) in [6.45, 7) is 2.14. The van der Waals surface area contributed by atoms with Crippen LogP contribution in [0.3, 0.4) is 0 Å². The van der Waals surface area contributed by atoms with Gasteiger partial charge in [0.25, 0.3) is 0 Å². The number of halogens is 1. The molecule has 0 aliphatic carbocycles. The van der Waals surface area contributed by atoms with Crippen molar-refractivity contribution in [2.24, 2.45) is 0 Å². The number of nitrogens with zero attached hydrogens (tertiary/aromatic N) is 2. The molecule has 0 spiro atoms. The van der Waals surface area contributed by atoms with E-state index in [1.54, 1.807) is 26.4 Å². The molecule has 0 aliphatic rings. The van der Waals surface area contributed by atoms with Gasteiger partial charge >= 0.3 is 0 Å². The molecule has 5 nitrogen and oxygen atoms in total. The van der Waals surface area contributed by atoms with E-state index in [2.05, 4.69) is 31.2 Å². The molecule has 112 valence electrons. The molecule has 0 radical (unpaired) electrons. The highest BCUT2D eigenvalue weighted by Crippen LogP contribution is 2.17. The van der Waals surface area contributed by atoms with Crippen molar-refractivity contribution >= 4 is 21.9 Å². The van der Waals surface area contributed by atoms with Gasteiger partial charge in [0.05, 0.1) is 17.2 Å². The average molecular weight is 352 g/mol. The molecular formula is C15H18BrN3O2. The molecular weight excluding hydrogens is 334 g/mol. The molecule has 0 saturated heterocycles. The molecule has 1 heterocycles. The van der Waals surface area contributed by atoms with E-state index >= 15 is 0 Å². The van der Waals surface area contributed by atoms with Crippen molar-refractivity contribution < 1.29 is 9.84 Å². The quantitative estimate of drug-likeness (QED) is 0.837. The summed E-state index contributed by atoms with van der Waals surface area (Å²) in [5.41, 5.74) is 0.143. The van der Waals surface area contributed by atoms with Gasteiger partial charge in [0, 0.05) is 25.4 Å². The lowest BCUT2D eigenvalue weighted by atomic mass is 9.96. The van der Waals surface area contributed by atoms with Crippen LogP contribution in [-0.2, 0) is 6.42 Å². The summed E-state index contributed by atoms with van der Waals surface area (Å²) in [5.74, 6) is 1.30. The Hall–Kier alpha value is -1.66. The van der Waals surface area contributed by atoms with Gasteiger partial charge in [0.1, 0.15) is 5.75 Å². The second-order valence-corrected chi connectivity index (χ2v) is 6.02. The Morgan fingerprint density at radius 3 is 2.43 bits per heavy atom. The summed E-state index contributed by atoms with van der Waals surface area (Å²) in [4.78, 5) is 8.23. The number of methoxy groups -OCH3 is 1. The smallest absolute Gasteiger partial charge is 0.222 e. The number of hydrogen-bond donors (Lipinski definition) is 2. The summed E-state index contributed by atoms with van der Waals surface area (Å²) in [7, 11) is 1.63. The molecule has 0 fully saturated rings. The summed E-state index contributed by atoms with van der Waals surface area (Å²) >= 11 is 3.28. The van der Waals surface area contributed by atoms with Crippen LogP contribution in [0.2, 0.25) is 0 Å². The number of anilines is 1. The van der Waals surface area contributed by atoms with Crippen LogP contribution in [0, 0.1) is 0 Å². The number of aliphatic hydroxyl groups is 1. The summed E-state index contributed by atoms with van der Waals surface area (Å²) in [5, 5.41) is 13.5. The third-order valence-electron chi connectivity index (χ3n) is 2.99. The van der Waals surface area contributed by atoms with Gasteiger partial charge in [-0.05, 0) is 40.5 Å². The predicted molar refractivity (Wildman–Crippen MR) is 85.5 cm³/mol. The van der Waals surface area contributed by atoms with Gasteiger partial charge in [-0.3, -0.25) is 0 Å². The first kappa shape index (κ1) is 15.7. The maximum absolute atomic E-state index is 10.5. The lowest BCUT2D eigenvalue weighted by Gasteiger charge is -2.23. The molecule has 0 aliphatic heterocycles. The topological polar surface area (TPSA) is 67.3 Å². The first-order valence-corrected chi connectivity index (χ1v) is 7.34. The fourth-order valence-corrected chi connectivity index (χ4v) is 2.12. The van der Waals surface area contributed by atoms with Crippen molar-refractivity contribution in [3.05, 3.63) is 46.7 Å². The molecule has 2 N–H and O–H groups in total. The molecule has 1 atom stereocenters. The van der Waals surface area contributed by atoms with Crippen molar-refractivity contribution in [3.8, 4) is 5.75 Å². The maximum atomic E-state index is 10.5. The lowest BCUT2D eigenvalue weighted by molar-refractivity contribution is 0.0740. The Morgan fingerprint density at radius 1 is 1.24 bits per heavy atom. The molecule has 1 aromatic heterocycles. The van der Waals surface area contributed by atoms with Gasteiger partial charge in [-0.2, -0.15) is 0 Å². The largest absolute Gasteiger partial charge is 0.497 e. The minimum Gasteiger partial charge on any atom is -0.497 e. The van der Waals surface area contributed by atoms with Crippen LogP contribution in [0.5, 0.6) is 5.75 Å². The van der Waals surface area contributed by atoms with Crippen molar-refractivity contribution in [2.45, 2.75) is 18.9 Å². The monoisotopic (exact) mass is 351 g/mol. The van der Waals surface area contributed by atoms with E-state index in [4.69, 9.17) is 4.74 Å². The minimum absolute atomic E-state index is 0.362. The fourth-order valence-electron chi connectivity index (χ4n) is 1.92. The highest BCUT2D eigenvalue weighted by atomic mass is 79.9. The van der Waals surface area contributed by atoms with E-state index in [0.29, 0.717) is 18.9 Å². The SMILES string of the molecule is COc1ccc(CC(C)(O)CNc2ncc(Br)cn2)cc1. The molecule has 1 unspecified atom stereocenters. The minimum atomic E-state index is -0.898. The first-order chi connectivity index (χ1) is 9.98. The first-order valence-electron chi connectivity index (χ1n) is 6.55.